The SMILES string of the molecule is CCCN(C(=O)c1cc(C)c(C#CCO)s1)C(C)C. The molecule has 1 amide bonds. The molecule has 0 aliphatic carbocycles. The quantitative estimate of drug-likeness (QED) is 0.861. The molecule has 0 aromatic carbocycles. The number of aryl methyl sites for hydroxylation is 1. The second kappa shape index (κ2) is 7.32. The van der Waals surface area contributed by atoms with Crippen LogP contribution in [0.3, 0.4) is 0 Å². The summed E-state index contributed by atoms with van der Waals surface area (Å²) in [5.41, 5.74) is 0.995. The monoisotopic (exact) mass is 279 g/mol. The highest BCUT2D eigenvalue weighted by molar-refractivity contribution is 7.14. The Bertz CT molecular complexity index is 494. The lowest BCUT2D eigenvalue weighted by Crippen LogP contribution is -2.37. The summed E-state index contributed by atoms with van der Waals surface area (Å²) in [6, 6.07) is 2.08. The number of hydrogen-bond donors (Lipinski definition) is 1. The Hall–Kier alpha value is -1.31. The van der Waals surface area contributed by atoms with Crippen LogP contribution in [-0.4, -0.2) is 35.1 Å². The lowest BCUT2D eigenvalue weighted by Gasteiger charge is -2.25. The van der Waals surface area contributed by atoms with E-state index in [9.17, 15) is 4.79 Å². The van der Waals surface area contributed by atoms with Crippen molar-refractivity contribution in [2.75, 3.05) is 13.2 Å². The van der Waals surface area contributed by atoms with Crippen molar-refractivity contribution >= 4 is 17.2 Å². The van der Waals surface area contributed by atoms with Gasteiger partial charge in [-0.1, -0.05) is 18.8 Å². The van der Waals surface area contributed by atoms with Gasteiger partial charge >= 0.3 is 0 Å². The number of nitrogens with zero attached hydrogens (tertiary/aromatic N) is 1. The second-order valence-corrected chi connectivity index (χ2v) is 5.73. The summed E-state index contributed by atoms with van der Waals surface area (Å²) >= 11 is 1.40. The van der Waals surface area contributed by atoms with Crippen LogP contribution >= 0.6 is 11.3 Å². The molecule has 0 saturated heterocycles. The van der Waals surface area contributed by atoms with Crippen molar-refractivity contribution in [3.8, 4) is 11.8 Å². The first-order chi connectivity index (χ1) is 9.01. The molecule has 1 aromatic rings. The fourth-order valence-corrected chi connectivity index (χ4v) is 2.81. The van der Waals surface area contributed by atoms with E-state index < -0.39 is 0 Å². The number of aliphatic hydroxyl groups is 1. The van der Waals surface area contributed by atoms with E-state index in [1.54, 1.807) is 0 Å². The summed E-state index contributed by atoms with van der Waals surface area (Å²) in [5, 5.41) is 8.72. The fraction of sp³-hybridized carbons (Fsp3) is 0.533. The fourth-order valence-electron chi connectivity index (χ4n) is 1.81. The van der Waals surface area contributed by atoms with E-state index in [1.807, 2.05) is 31.7 Å². The maximum absolute atomic E-state index is 12.5. The normalized spacial score (nSPS) is 10.2. The first kappa shape index (κ1) is 15.7. The second-order valence-electron chi connectivity index (χ2n) is 4.67. The molecule has 1 heterocycles. The molecular weight excluding hydrogens is 258 g/mol. The molecule has 104 valence electrons. The zero-order valence-corrected chi connectivity index (χ0v) is 12.8. The number of thiophene rings is 1. The first-order valence-electron chi connectivity index (χ1n) is 6.52. The van der Waals surface area contributed by atoms with E-state index in [1.165, 1.54) is 11.3 Å². The molecule has 1 N–H and O–H groups in total. The van der Waals surface area contributed by atoms with Gasteiger partial charge in [0.1, 0.15) is 6.61 Å². The van der Waals surface area contributed by atoms with E-state index in [-0.39, 0.29) is 18.6 Å². The largest absolute Gasteiger partial charge is 0.384 e. The zero-order chi connectivity index (χ0) is 14.4. The van der Waals surface area contributed by atoms with Crippen LogP contribution in [0, 0.1) is 18.8 Å². The number of carbonyl (C=O) groups is 1. The van der Waals surface area contributed by atoms with Gasteiger partial charge in [-0.05, 0) is 38.8 Å². The Morgan fingerprint density at radius 1 is 1.53 bits per heavy atom. The summed E-state index contributed by atoms with van der Waals surface area (Å²) in [4.78, 5) is 15.9. The van der Waals surface area contributed by atoms with Crippen molar-refractivity contribution in [3.05, 3.63) is 21.4 Å². The van der Waals surface area contributed by atoms with Crippen LogP contribution in [0.1, 0.15) is 47.3 Å². The maximum atomic E-state index is 12.5. The van der Waals surface area contributed by atoms with Gasteiger partial charge in [0.2, 0.25) is 0 Å². The van der Waals surface area contributed by atoms with E-state index in [4.69, 9.17) is 5.11 Å². The van der Waals surface area contributed by atoms with Crippen molar-refractivity contribution in [2.45, 2.75) is 40.2 Å². The molecule has 0 fully saturated rings. The minimum absolute atomic E-state index is 0.0713. The first-order valence-corrected chi connectivity index (χ1v) is 7.34. The minimum atomic E-state index is -0.158. The van der Waals surface area contributed by atoms with Crippen LogP contribution in [0.5, 0.6) is 0 Å². The van der Waals surface area contributed by atoms with Gasteiger partial charge in [-0.3, -0.25) is 4.79 Å². The Kier molecular flexibility index (Phi) is 6.07. The minimum Gasteiger partial charge on any atom is -0.384 e. The van der Waals surface area contributed by atoms with Crippen molar-refractivity contribution in [1.82, 2.24) is 4.90 Å². The molecule has 0 spiro atoms. The molecule has 0 atom stereocenters. The summed E-state index contributed by atoms with van der Waals surface area (Å²) < 4.78 is 0. The van der Waals surface area contributed by atoms with Crippen molar-refractivity contribution in [1.29, 1.82) is 0 Å². The van der Waals surface area contributed by atoms with E-state index in [2.05, 4.69) is 18.8 Å². The lowest BCUT2D eigenvalue weighted by molar-refractivity contribution is 0.0711. The summed E-state index contributed by atoms with van der Waals surface area (Å²) in [5.74, 6) is 5.58. The Balaban J connectivity index is 2.99. The third kappa shape index (κ3) is 4.09. The molecule has 0 aliphatic heterocycles. The van der Waals surface area contributed by atoms with Gasteiger partial charge in [0.25, 0.3) is 5.91 Å². The van der Waals surface area contributed by atoms with Gasteiger partial charge in [0, 0.05) is 12.6 Å². The van der Waals surface area contributed by atoms with Gasteiger partial charge in [-0.2, -0.15) is 0 Å². The number of amides is 1. The highest BCUT2D eigenvalue weighted by atomic mass is 32.1. The number of rotatable bonds is 4. The van der Waals surface area contributed by atoms with Gasteiger partial charge in [-0.25, -0.2) is 0 Å². The van der Waals surface area contributed by atoms with Crippen molar-refractivity contribution < 1.29 is 9.90 Å². The van der Waals surface area contributed by atoms with Gasteiger partial charge in [-0.15, -0.1) is 11.3 Å². The molecule has 0 unspecified atom stereocenters. The topological polar surface area (TPSA) is 40.5 Å². The number of aliphatic hydroxyl groups excluding tert-OH is 1. The average Bonchev–Trinajstić information content (AvgIpc) is 2.73. The Morgan fingerprint density at radius 3 is 2.74 bits per heavy atom. The van der Waals surface area contributed by atoms with E-state index >= 15 is 0 Å². The standard InChI is InChI=1S/C15H21NO2S/c1-5-8-16(11(2)3)15(18)14-10-12(4)13(19-14)7-6-9-17/h10-11,17H,5,8-9H2,1-4H3. The van der Waals surface area contributed by atoms with E-state index in [0.29, 0.717) is 0 Å². The number of hydrogen-bond acceptors (Lipinski definition) is 3. The van der Waals surface area contributed by atoms with Crippen LogP contribution in [0.2, 0.25) is 0 Å². The van der Waals surface area contributed by atoms with Crippen molar-refractivity contribution in [2.24, 2.45) is 0 Å². The van der Waals surface area contributed by atoms with Gasteiger partial charge < -0.3 is 10.0 Å². The smallest absolute Gasteiger partial charge is 0.264 e. The van der Waals surface area contributed by atoms with Crippen LogP contribution in [-0.2, 0) is 0 Å². The predicted octanol–water partition coefficient (Wildman–Crippen LogP) is 2.66. The van der Waals surface area contributed by atoms with E-state index in [0.717, 1.165) is 28.3 Å². The van der Waals surface area contributed by atoms with Crippen LogP contribution in [0.15, 0.2) is 6.07 Å². The third-order valence-electron chi connectivity index (χ3n) is 2.76. The van der Waals surface area contributed by atoms with Crippen LogP contribution < -0.4 is 0 Å². The highest BCUT2D eigenvalue weighted by Crippen LogP contribution is 2.23. The van der Waals surface area contributed by atoms with Crippen LogP contribution in [0.4, 0.5) is 0 Å². The summed E-state index contributed by atoms with van der Waals surface area (Å²) in [7, 11) is 0. The molecule has 1 rings (SSSR count). The maximum Gasteiger partial charge on any atom is 0.264 e. The third-order valence-corrected chi connectivity index (χ3v) is 3.90. The van der Waals surface area contributed by atoms with Gasteiger partial charge in [0.15, 0.2) is 0 Å². The molecule has 0 radical (unpaired) electrons. The molecule has 4 heteroatoms. The molecule has 1 aromatic heterocycles. The summed E-state index contributed by atoms with van der Waals surface area (Å²) in [6.45, 7) is 8.68. The van der Waals surface area contributed by atoms with Crippen molar-refractivity contribution in [3.63, 3.8) is 0 Å². The molecular formula is C15H21NO2S. The van der Waals surface area contributed by atoms with Crippen LogP contribution in [0.25, 0.3) is 0 Å². The number of carbonyl (C=O) groups excluding carboxylic acids is 1. The molecule has 0 bridgehead atoms. The molecule has 0 saturated carbocycles. The summed E-state index contributed by atoms with van der Waals surface area (Å²) in [6.07, 6.45) is 0.950. The molecule has 3 nitrogen and oxygen atoms in total. The Labute approximate surface area is 119 Å². The Morgan fingerprint density at radius 2 is 2.21 bits per heavy atom. The average molecular weight is 279 g/mol. The zero-order valence-electron chi connectivity index (χ0n) is 12.0. The predicted molar refractivity (Wildman–Crippen MR) is 79.5 cm³/mol. The molecule has 19 heavy (non-hydrogen) atoms. The highest BCUT2D eigenvalue weighted by Gasteiger charge is 2.20. The molecule has 0 aliphatic rings. The van der Waals surface area contributed by atoms with Gasteiger partial charge in [0.05, 0.1) is 9.75 Å². The lowest BCUT2D eigenvalue weighted by atomic mass is 10.2.